The van der Waals surface area contributed by atoms with Crippen LogP contribution in [0.4, 0.5) is 0 Å². The second kappa shape index (κ2) is 4.36. The van der Waals surface area contributed by atoms with E-state index in [1.165, 1.54) is 10.9 Å². The molecule has 0 bridgehead atoms. The maximum Gasteiger partial charge on any atom is 0.360 e. The first kappa shape index (κ1) is 11.3. The van der Waals surface area contributed by atoms with E-state index in [0.717, 1.165) is 0 Å². The Bertz CT molecular complexity index is 543. The predicted octanol–water partition coefficient (Wildman–Crippen LogP) is 1.05. The topological polar surface area (TPSA) is 83.0 Å². The Morgan fingerprint density at radius 2 is 2.24 bits per heavy atom. The van der Waals surface area contributed by atoms with Crippen LogP contribution in [0.3, 0.4) is 0 Å². The molecule has 0 N–H and O–H groups in total. The summed E-state index contributed by atoms with van der Waals surface area (Å²) in [6, 6.07) is 0.200. The van der Waals surface area contributed by atoms with Crippen LogP contribution in [0, 0.1) is 13.8 Å². The van der Waals surface area contributed by atoms with Gasteiger partial charge in [0.2, 0.25) is 0 Å². The van der Waals surface area contributed by atoms with E-state index in [0.29, 0.717) is 18.3 Å². The first-order valence-electron chi connectivity index (χ1n) is 5.15. The molecule has 17 heavy (non-hydrogen) atoms. The molecule has 90 valence electrons. The second-order valence-electron chi connectivity index (χ2n) is 3.35. The Kier molecular flexibility index (Phi) is 2.90. The van der Waals surface area contributed by atoms with E-state index in [1.54, 1.807) is 20.8 Å². The zero-order valence-electron chi connectivity index (χ0n) is 9.80. The molecule has 0 saturated carbocycles. The van der Waals surface area contributed by atoms with Gasteiger partial charge in [0.15, 0.2) is 5.69 Å². The van der Waals surface area contributed by atoms with Gasteiger partial charge in [0, 0.05) is 0 Å². The second-order valence-corrected chi connectivity index (χ2v) is 3.35. The van der Waals surface area contributed by atoms with Crippen molar-refractivity contribution < 1.29 is 13.9 Å². The SMILES string of the molecule is CCOC(=O)c1coc(-n2nc(C)nc2C)n1. The van der Waals surface area contributed by atoms with Crippen molar-refractivity contribution in [3.05, 3.63) is 23.6 Å². The fourth-order valence-corrected chi connectivity index (χ4v) is 1.36. The average molecular weight is 236 g/mol. The molecule has 2 heterocycles. The largest absolute Gasteiger partial charge is 0.461 e. The minimum Gasteiger partial charge on any atom is -0.461 e. The zero-order chi connectivity index (χ0) is 12.4. The van der Waals surface area contributed by atoms with Gasteiger partial charge >= 0.3 is 12.0 Å². The molecule has 2 aromatic rings. The van der Waals surface area contributed by atoms with Crippen molar-refractivity contribution in [2.75, 3.05) is 6.61 Å². The monoisotopic (exact) mass is 236 g/mol. The van der Waals surface area contributed by atoms with Crippen molar-refractivity contribution in [1.82, 2.24) is 19.7 Å². The number of oxazole rings is 1. The lowest BCUT2D eigenvalue weighted by molar-refractivity contribution is 0.0519. The number of carbonyl (C=O) groups is 1. The maximum atomic E-state index is 11.4. The molecule has 0 fully saturated rings. The Morgan fingerprint density at radius 3 is 2.82 bits per heavy atom. The summed E-state index contributed by atoms with van der Waals surface area (Å²) < 4.78 is 11.4. The maximum absolute atomic E-state index is 11.4. The Balaban J connectivity index is 2.30. The molecule has 0 aromatic carbocycles. The van der Waals surface area contributed by atoms with Crippen molar-refractivity contribution in [1.29, 1.82) is 0 Å². The lowest BCUT2D eigenvalue weighted by Crippen LogP contribution is -2.06. The number of aromatic nitrogens is 4. The van der Waals surface area contributed by atoms with Gasteiger partial charge in [-0.3, -0.25) is 0 Å². The van der Waals surface area contributed by atoms with Crippen molar-refractivity contribution >= 4 is 5.97 Å². The van der Waals surface area contributed by atoms with E-state index in [9.17, 15) is 4.79 Å². The molecule has 0 saturated heterocycles. The fourth-order valence-electron chi connectivity index (χ4n) is 1.36. The number of esters is 1. The normalized spacial score (nSPS) is 10.5. The van der Waals surface area contributed by atoms with Crippen LogP contribution >= 0.6 is 0 Å². The minimum atomic E-state index is -0.517. The Morgan fingerprint density at radius 1 is 1.47 bits per heavy atom. The molecule has 0 amide bonds. The first-order valence-corrected chi connectivity index (χ1v) is 5.15. The van der Waals surface area contributed by atoms with E-state index < -0.39 is 5.97 Å². The lowest BCUT2D eigenvalue weighted by Gasteiger charge is -1.95. The van der Waals surface area contributed by atoms with Crippen molar-refractivity contribution in [2.45, 2.75) is 20.8 Å². The number of aryl methyl sites for hydroxylation is 2. The van der Waals surface area contributed by atoms with Crippen LogP contribution in [0.2, 0.25) is 0 Å². The lowest BCUT2D eigenvalue weighted by atomic mass is 10.5. The van der Waals surface area contributed by atoms with Gasteiger partial charge in [0.25, 0.3) is 0 Å². The molecule has 0 aliphatic heterocycles. The van der Waals surface area contributed by atoms with Crippen LogP contribution in [-0.4, -0.2) is 32.3 Å². The number of hydrogen-bond acceptors (Lipinski definition) is 6. The van der Waals surface area contributed by atoms with Crippen LogP contribution < -0.4 is 0 Å². The molecule has 7 nitrogen and oxygen atoms in total. The summed E-state index contributed by atoms with van der Waals surface area (Å²) in [6.45, 7) is 5.55. The highest BCUT2D eigenvalue weighted by atomic mass is 16.5. The summed E-state index contributed by atoms with van der Waals surface area (Å²) in [7, 11) is 0. The van der Waals surface area contributed by atoms with Crippen LogP contribution in [0.15, 0.2) is 10.7 Å². The molecule has 2 rings (SSSR count). The van der Waals surface area contributed by atoms with E-state index in [4.69, 9.17) is 9.15 Å². The van der Waals surface area contributed by atoms with Gasteiger partial charge in [0.05, 0.1) is 6.61 Å². The summed E-state index contributed by atoms with van der Waals surface area (Å²) in [5.41, 5.74) is 0.120. The zero-order valence-corrected chi connectivity index (χ0v) is 9.80. The molecular weight excluding hydrogens is 224 g/mol. The van der Waals surface area contributed by atoms with Crippen molar-refractivity contribution in [3.8, 4) is 6.01 Å². The van der Waals surface area contributed by atoms with Gasteiger partial charge in [-0.1, -0.05) is 0 Å². The number of carbonyl (C=O) groups excluding carboxylic acids is 1. The number of ether oxygens (including phenoxy) is 1. The van der Waals surface area contributed by atoms with Gasteiger partial charge in [0.1, 0.15) is 17.9 Å². The van der Waals surface area contributed by atoms with Gasteiger partial charge in [-0.15, -0.1) is 5.10 Å². The van der Waals surface area contributed by atoms with Gasteiger partial charge in [-0.25, -0.2) is 9.78 Å². The highest BCUT2D eigenvalue weighted by molar-refractivity contribution is 5.86. The number of nitrogens with zero attached hydrogens (tertiary/aromatic N) is 4. The summed E-state index contributed by atoms with van der Waals surface area (Å²) in [5.74, 6) is 0.732. The van der Waals surface area contributed by atoms with E-state index in [1.807, 2.05) is 0 Å². The third-order valence-electron chi connectivity index (χ3n) is 2.03. The standard InChI is InChI=1S/C10H12N4O3/c1-4-16-9(15)8-5-17-10(12-8)14-7(3)11-6(2)13-14/h5H,4H2,1-3H3. The molecule has 7 heteroatoms. The molecule has 0 aliphatic rings. The van der Waals surface area contributed by atoms with E-state index in [-0.39, 0.29) is 11.7 Å². The third kappa shape index (κ3) is 2.17. The molecule has 0 atom stereocenters. The molecule has 0 spiro atoms. The average Bonchev–Trinajstić information content (AvgIpc) is 2.85. The van der Waals surface area contributed by atoms with Gasteiger partial charge < -0.3 is 9.15 Å². The summed E-state index contributed by atoms with van der Waals surface area (Å²) in [5, 5.41) is 4.10. The molecule has 0 unspecified atom stereocenters. The highest BCUT2D eigenvalue weighted by Crippen LogP contribution is 2.10. The number of rotatable bonds is 3. The van der Waals surface area contributed by atoms with Crippen molar-refractivity contribution in [3.63, 3.8) is 0 Å². The van der Waals surface area contributed by atoms with Crippen LogP contribution in [-0.2, 0) is 4.74 Å². The molecular formula is C10H12N4O3. The summed E-state index contributed by atoms with van der Waals surface area (Å²) >= 11 is 0. The Hall–Kier alpha value is -2.18. The fraction of sp³-hybridized carbons (Fsp3) is 0.400. The first-order chi connectivity index (χ1) is 8.11. The van der Waals surface area contributed by atoms with Crippen LogP contribution in [0.5, 0.6) is 0 Å². The number of hydrogen-bond donors (Lipinski definition) is 0. The van der Waals surface area contributed by atoms with E-state index >= 15 is 0 Å². The molecule has 0 aliphatic carbocycles. The van der Waals surface area contributed by atoms with Gasteiger partial charge in [-0.05, 0) is 20.8 Å². The van der Waals surface area contributed by atoms with Crippen LogP contribution in [0.1, 0.15) is 29.1 Å². The minimum absolute atomic E-state index is 0.120. The quantitative estimate of drug-likeness (QED) is 0.740. The summed E-state index contributed by atoms with van der Waals surface area (Å²) in [6.07, 6.45) is 1.24. The van der Waals surface area contributed by atoms with Gasteiger partial charge in [-0.2, -0.15) is 9.67 Å². The highest BCUT2D eigenvalue weighted by Gasteiger charge is 2.16. The smallest absolute Gasteiger partial charge is 0.360 e. The molecule has 2 aromatic heterocycles. The third-order valence-corrected chi connectivity index (χ3v) is 2.03. The summed E-state index contributed by atoms with van der Waals surface area (Å²) in [4.78, 5) is 19.5. The molecule has 0 radical (unpaired) electrons. The van der Waals surface area contributed by atoms with Crippen molar-refractivity contribution in [2.24, 2.45) is 0 Å². The van der Waals surface area contributed by atoms with E-state index in [2.05, 4.69) is 15.1 Å². The van der Waals surface area contributed by atoms with Crippen LogP contribution in [0.25, 0.3) is 6.01 Å². The Labute approximate surface area is 97.4 Å². The predicted molar refractivity (Wildman–Crippen MR) is 56.9 cm³/mol.